The first-order valence-electron chi connectivity index (χ1n) is 8.31. The van der Waals surface area contributed by atoms with Gasteiger partial charge in [0, 0.05) is 5.70 Å². The third kappa shape index (κ3) is 3.33. The first-order valence-corrected chi connectivity index (χ1v) is 8.31. The normalized spacial score (nSPS) is 16.2. The van der Waals surface area contributed by atoms with Crippen LogP contribution in [0.3, 0.4) is 0 Å². The van der Waals surface area contributed by atoms with Gasteiger partial charge >= 0.3 is 5.97 Å². The van der Waals surface area contributed by atoms with E-state index in [1.54, 1.807) is 4.68 Å². The van der Waals surface area contributed by atoms with Crippen LogP contribution in [0.5, 0.6) is 5.75 Å². The molecule has 3 rings (SSSR count). The van der Waals surface area contributed by atoms with Crippen LogP contribution in [-0.4, -0.2) is 39.4 Å². The van der Waals surface area contributed by atoms with Gasteiger partial charge in [-0.25, -0.2) is 4.79 Å². The van der Waals surface area contributed by atoms with E-state index in [1.165, 1.54) is 0 Å². The Hall–Kier alpha value is -2.90. The summed E-state index contributed by atoms with van der Waals surface area (Å²) in [5.74, 6) is 0.836. The van der Waals surface area contributed by atoms with Crippen molar-refractivity contribution in [3.8, 4) is 5.75 Å². The molecule has 0 fully saturated rings. The number of hydrogen-bond donors (Lipinski definition) is 1. The second-order valence-electron chi connectivity index (χ2n) is 5.65. The summed E-state index contributed by atoms with van der Waals surface area (Å²) in [7, 11) is 0. The molecule has 1 atom stereocenters. The number of nitrogens with one attached hydrogen (secondary N) is 1. The molecule has 0 aliphatic carbocycles. The second-order valence-corrected chi connectivity index (χ2v) is 5.65. The number of anilines is 1. The zero-order valence-corrected chi connectivity index (χ0v) is 14.5. The summed E-state index contributed by atoms with van der Waals surface area (Å²) in [6.07, 6.45) is 0.756. The lowest BCUT2D eigenvalue weighted by atomic mass is 9.95. The molecule has 0 saturated heterocycles. The molecule has 8 nitrogen and oxygen atoms in total. The molecule has 0 spiro atoms. The minimum atomic E-state index is -0.476. The number of tetrazole rings is 1. The van der Waals surface area contributed by atoms with Crippen LogP contribution in [0.1, 0.15) is 38.8 Å². The van der Waals surface area contributed by atoms with Crippen LogP contribution in [0, 0.1) is 0 Å². The number of fused-ring (bicyclic) bond motifs is 1. The van der Waals surface area contributed by atoms with E-state index in [4.69, 9.17) is 9.47 Å². The fraction of sp³-hybridized carbons (Fsp3) is 0.412. The molecule has 0 saturated carbocycles. The van der Waals surface area contributed by atoms with Crippen molar-refractivity contribution in [3.63, 3.8) is 0 Å². The number of carbonyl (C=O) groups is 1. The summed E-state index contributed by atoms with van der Waals surface area (Å²) in [5, 5.41) is 14.8. The number of ether oxygens (including phenoxy) is 2. The summed E-state index contributed by atoms with van der Waals surface area (Å²) < 4.78 is 12.5. The van der Waals surface area contributed by atoms with Crippen LogP contribution >= 0.6 is 0 Å². The Balaban J connectivity index is 2.06. The number of hydrogen-bond acceptors (Lipinski definition) is 7. The first kappa shape index (κ1) is 16.9. The van der Waals surface area contributed by atoms with E-state index in [0.29, 0.717) is 30.4 Å². The molecular formula is C17H21N5O3. The molecule has 0 amide bonds. The fourth-order valence-electron chi connectivity index (χ4n) is 2.80. The van der Waals surface area contributed by atoms with Gasteiger partial charge in [0.15, 0.2) is 0 Å². The monoisotopic (exact) mass is 343 g/mol. The highest BCUT2D eigenvalue weighted by atomic mass is 16.5. The number of benzene rings is 1. The van der Waals surface area contributed by atoms with Crippen LogP contribution in [-0.2, 0) is 9.53 Å². The highest BCUT2D eigenvalue weighted by Gasteiger charge is 2.35. The van der Waals surface area contributed by atoms with Crippen LogP contribution in [0.2, 0.25) is 0 Å². The summed E-state index contributed by atoms with van der Waals surface area (Å²) >= 11 is 0. The largest absolute Gasteiger partial charge is 0.494 e. The lowest BCUT2D eigenvalue weighted by molar-refractivity contribution is -0.139. The van der Waals surface area contributed by atoms with Gasteiger partial charge in [0.2, 0.25) is 5.95 Å². The van der Waals surface area contributed by atoms with E-state index >= 15 is 0 Å². The average molecular weight is 343 g/mol. The van der Waals surface area contributed by atoms with Crippen molar-refractivity contribution in [3.05, 3.63) is 41.1 Å². The molecule has 0 bridgehead atoms. The van der Waals surface area contributed by atoms with E-state index in [1.807, 2.05) is 45.0 Å². The van der Waals surface area contributed by atoms with Crippen molar-refractivity contribution in [2.75, 3.05) is 18.5 Å². The maximum Gasteiger partial charge on any atom is 0.338 e. The van der Waals surface area contributed by atoms with E-state index in [0.717, 1.165) is 17.7 Å². The van der Waals surface area contributed by atoms with Crippen LogP contribution < -0.4 is 10.1 Å². The minimum Gasteiger partial charge on any atom is -0.494 e. The topological polar surface area (TPSA) is 91.2 Å². The Morgan fingerprint density at radius 3 is 2.96 bits per heavy atom. The van der Waals surface area contributed by atoms with Gasteiger partial charge in [-0.15, -0.1) is 0 Å². The van der Waals surface area contributed by atoms with Gasteiger partial charge < -0.3 is 14.8 Å². The van der Waals surface area contributed by atoms with Gasteiger partial charge in [-0.1, -0.05) is 24.2 Å². The predicted octanol–water partition coefficient (Wildman–Crippen LogP) is 2.31. The Labute approximate surface area is 145 Å². The smallest absolute Gasteiger partial charge is 0.338 e. The fourth-order valence-corrected chi connectivity index (χ4v) is 2.80. The van der Waals surface area contributed by atoms with Crippen LogP contribution in [0.15, 0.2) is 35.5 Å². The van der Waals surface area contributed by atoms with Crippen molar-refractivity contribution < 1.29 is 14.3 Å². The molecule has 1 aliphatic rings. The molecule has 25 heavy (non-hydrogen) atoms. The van der Waals surface area contributed by atoms with Crippen molar-refractivity contribution in [1.82, 2.24) is 20.2 Å². The summed E-state index contributed by atoms with van der Waals surface area (Å²) in [5.41, 5.74) is 2.01. The van der Waals surface area contributed by atoms with E-state index in [2.05, 4.69) is 20.8 Å². The Morgan fingerprint density at radius 2 is 2.20 bits per heavy atom. The van der Waals surface area contributed by atoms with E-state index < -0.39 is 6.04 Å². The molecule has 1 aliphatic heterocycles. The minimum absolute atomic E-state index is 0.365. The average Bonchev–Trinajstić information content (AvgIpc) is 3.06. The number of rotatable bonds is 6. The number of nitrogens with zero attached hydrogens (tertiary/aromatic N) is 4. The Bertz CT molecular complexity index is 799. The molecule has 1 aromatic carbocycles. The Kier molecular flexibility index (Phi) is 4.97. The number of aromatic nitrogens is 4. The Morgan fingerprint density at radius 1 is 1.36 bits per heavy atom. The molecule has 2 aromatic rings. The van der Waals surface area contributed by atoms with Crippen molar-refractivity contribution >= 4 is 11.9 Å². The quantitative estimate of drug-likeness (QED) is 0.805. The van der Waals surface area contributed by atoms with Gasteiger partial charge in [-0.05, 0) is 48.4 Å². The summed E-state index contributed by atoms with van der Waals surface area (Å²) in [4.78, 5) is 12.7. The SMILES string of the molecule is CCCOC(=O)C1=C(C)Nc2nnnn2C1c1cccc(OCC)c1. The van der Waals surface area contributed by atoms with Gasteiger partial charge in [-0.3, -0.25) is 0 Å². The van der Waals surface area contributed by atoms with E-state index in [-0.39, 0.29) is 5.97 Å². The molecule has 0 radical (unpaired) electrons. The van der Waals surface area contributed by atoms with E-state index in [9.17, 15) is 4.79 Å². The molecule has 132 valence electrons. The van der Waals surface area contributed by atoms with Gasteiger partial charge in [0.05, 0.1) is 18.8 Å². The van der Waals surface area contributed by atoms with Crippen LogP contribution in [0.25, 0.3) is 0 Å². The molecule has 2 heterocycles. The number of allylic oxidation sites excluding steroid dienone is 1. The lowest BCUT2D eigenvalue weighted by Crippen LogP contribution is -2.29. The van der Waals surface area contributed by atoms with Gasteiger partial charge in [0.25, 0.3) is 0 Å². The maximum absolute atomic E-state index is 12.7. The number of carbonyl (C=O) groups excluding carboxylic acids is 1. The molecular weight excluding hydrogens is 322 g/mol. The van der Waals surface area contributed by atoms with Gasteiger partial charge in [0.1, 0.15) is 11.8 Å². The lowest BCUT2D eigenvalue weighted by Gasteiger charge is -2.27. The van der Waals surface area contributed by atoms with Crippen molar-refractivity contribution in [1.29, 1.82) is 0 Å². The predicted molar refractivity (Wildman–Crippen MR) is 91.1 cm³/mol. The highest BCUT2D eigenvalue weighted by molar-refractivity contribution is 5.92. The third-order valence-corrected chi connectivity index (χ3v) is 3.86. The summed E-state index contributed by atoms with van der Waals surface area (Å²) in [6, 6.07) is 7.10. The zero-order valence-electron chi connectivity index (χ0n) is 14.5. The maximum atomic E-state index is 12.7. The standard InChI is InChI=1S/C17H21N5O3/c1-4-9-25-16(23)14-11(3)18-17-19-20-21-22(17)15(14)12-7-6-8-13(10-12)24-5-2/h6-8,10,15H,4-5,9H2,1-3H3,(H,18,19,21). The summed E-state index contributed by atoms with van der Waals surface area (Å²) in [6.45, 7) is 6.63. The number of esters is 1. The van der Waals surface area contributed by atoms with Crippen LogP contribution in [0.4, 0.5) is 5.95 Å². The second kappa shape index (κ2) is 7.33. The zero-order chi connectivity index (χ0) is 17.8. The third-order valence-electron chi connectivity index (χ3n) is 3.86. The first-order chi connectivity index (χ1) is 12.2. The van der Waals surface area contributed by atoms with Crippen molar-refractivity contribution in [2.24, 2.45) is 0 Å². The van der Waals surface area contributed by atoms with Crippen molar-refractivity contribution in [2.45, 2.75) is 33.2 Å². The molecule has 1 N–H and O–H groups in total. The van der Waals surface area contributed by atoms with Gasteiger partial charge in [-0.2, -0.15) is 4.68 Å². The molecule has 1 unspecified atom stereocenters. The highest BCUT2D eigenvalue weighted by Crippen LogP contribution is 2.35. The molecule has 8 heteroatoms. The molecule has 1 aromatic heterocycles.